The van der Waals surface area contributed by atoms with Crippen LogP contribution in [0.5, 0.6) is 0 Å². The number of hydrogen-bond acceptors (Lipinski definition) is 2. The molecule has 0 spiro atoms. The number of benzene rings is 8. The molecular formula is C60H49N5. The SMILES string of the molecule is [2H]c1c([2H])c([2H])c(-c2cccc(-c3c([2H])c([2H])c([2H])c([2H])c3[2H])c2-[n+]2[c-]n(-c3cccc(N(c4ccccc4)c4ccc5c6ccccc6n(-c6cc(C([2H])([2H])C(C)(C)C)c(C([2H])([2H])[2H])cn6)c5c4)c3)c3ccccc32)c([2H])c1[2H]. The van der Waals surface area contributed by atoms with Gasteiger partial charge in [-0.3, -0.25) is 13.7 Å². The van der Waals surface area contributed by atoms with E-state index in [0.717, 1.165) is 33.2 Å². The van der Waals surface area contributed by atoms with Crippen molar-refractivity contribution in [2.75, 3.05) is 4.90 Å². The second-order valence-electron chi connectivity index (χ2n) is 16.7. The molecule has 11 rings (SSSR count). The number of fused-ring (bicyclic) bond motifs is 4. The van der Waals surface area contributed by atoms with E-state index in [1.165, 1.54) is 6.20 Å². The van der Waals surface area contributed by atoms with E-state index in [2.05, 4.69) is 11.2 Å². The number of rotatable bonds is 9. The summed E-state index contributed by atoms with van der Waals surface area (Å²) in [7, 11) is 0. The zero-order chi connectivity index (χ0) is 57.1. The third kappa shape index (κ3) is 7.35. The summed E-state index contributed by atoms with van der Waals surface area (Å²) >= 11 is 0. The van der Waals surface area contributed by atoms with Crippen molar-refractivity contribution in [3.63, 3.8) is 0 Å². The maximum atomic E-state index is 9.30. The molecule has 0 unspecified atom stereocenters. The van der Waals surface area contributed by atoms with Crippen LogP contribution < -0.4 is 9.47 Å². The van der Waals surface area contributed by atoms with Crippen molar-refractivity contribution in [3.05, 3.63) is 230 Å². The molecule has 0 saturated carbocycles. The van der Waals surface area contributed by atoms with Gasteiger partial charge < -0.3 is 4.90 Å². The first-order valence-corrected chi connectivity index (χ1v) is 21.1. The molecule has 5 nitrogen and oxygen atoms in total. The number of imidazole rings is 1. The van der Waals surface area contributed by atoms with Crippen LogP contribution in [0.3, 0.4) is 0 Å². The molecule has 3 aromatic heterocycles. The quantitative estimate of drug-likeness (QED) is 0.107. The second kappa shape index (κ2) is 16.3. The predicted octanol–water partition coefficient (Wildman–Crippen LogP) is 14.9. The minimum atomic E-state index is -2.64. The van der Waals surface area contributed by atoms with E-state index in [0.29, 0.717) is 28.2 Å². The van der Waals surface area contributed by atoms with Gasteiger partial charge in [0.1, 0.15) is 5.82 Å². The van der Waals surface area contributed by atoms with Crippen LogP contribution >= 0.6 is 0 Å². The van der Waals surface area contributed by atoms with Gasteiger partial charge >= 0.3 is 0 Å². The van der Waals surface area contributed by atoms with Crippen molar-refractivity contribution < 1.29 is 25.1 Å². The van der Waals surface area contributed by atoms with Crippen molar-refractivity contribution in [1.82, 2.24) is 14.1 Å². The van der Waals surface area contributed by atoms with E-state index >= 15 is 0 Å². The number of pyridine rings is 1. The van der Waals surface area contributed by atoms with Crippen molar-refractivity contribution in [2.45, 2.75) is 34.0 Å². The Hall–Kier alpha value is -8.02. The Morgan fingerprint density at radius 1 is 0.631 bits per heavy atom. The molecule has 0 bridgehead atoms. The van der Waals surface area contributed by atoms with Crippen LogP contribution in [-0.2, 0) is 6.37 Å². The lowest BCUT2D eigenvalue weighted by molar-refractivity contribution is -0.571. The Balaban J connectivity index is 1.14. The summed E-state index contributed by atoms with van der Waals surface area (Å²) in [5.41, 5.74) is 4.40. The van der Waals surface area contributed by atoms with Crippen LogP contribution in [0.2, 0.25) is 0 Å². The maximum absolute atomic E-state index is 9.30. The van der Waals surface area contributed by atoms with Gasteiger partial charge in [0.05, 0.1) is 47.1 Å². The summed E-state index contributed by atoms with van der Waals surface area (Å²) in [6.07, 6.45) is 2.68. The number of aromatic nitrogens is 4. The molecule has 0 fully saturated rings. The van der Waals surface area contributed by atoms with Crippen molar-refractivity contribution in [2.24, 2.45) is 5.41 Å². The molecule has 0 aliphatic heterocycles. The molecule has 0 amide bonds. The van der Waals surface area contributed by atoms with Crippen LogP contribution in [0, 0.1) is 18.6 Å². The van der Waals surface area contributed by atoms with Gasteiger partial charge in [-0.05, 0) is 107 Å². The summed E-state index contributed by atoms with van der Waals surface area (Å²) in [5, 5.41) is 1.77. The predicted molar refractivity (Wildman–Crippen MR) is 269 cm³/mol. The summed E-state index contributed by atoms with van der Waals surface area (Å²) < 4.78 is 137. The highest BCUT2D eigenvalue weighted by Gasteiger charge is 2.22. The van der Waals surface area contributed by atoms with Gasteiger partial charge in [0.25, 0.3) is 6.33 Å². The minimum absolute atomic E-state index is 0.0262. The molecule has 0 radical (unpaired) electrons. The van der Waals surface area contributed by atoms with Gasteiger partial charge in [0.15, 0.2) is 0 Å². The molecule has 11 aromatic rings. The third-order valence-electron chi connectivity index (χ3n) is 11.3. The van der Waals surface area contributed by atoms with E-state index in [4.69, 9.17) is 22.8 Å². The topological polar surface area (TPSA) is 29.9 Å². The molecule has 0 aliphatic rings. The highest BCUT2D eigenvalue weighted by molar-refractivity contribution is 6.10. The third-order valence-corrected chi connectivity index (χ3v) is 11.3. The van der Waals surface area contributed by atoms with Gasteiger partial charge in [0.2, 0.25) is 0 Å². The summed E-state index contributed by atoms with van der Waals surface area (Å²) in [6.45, 7) is 2.58. The average molecular weight is 855 g/mol. The van der Waals surface area contributed by atoms with Crippen LogP contribution in [0.1, 0.15) is 52.5 Å². The Labute approximate surface area is 401 Å². The highest BCUT2D eigenvalue weighted by atomic mass is 15.2. The molecule has 8 aromatic carbocycles. The van der Waals surface area contributed by atoms with Crippen LogP contribution in [0.25, 0.3) is 72.3 Å². The van der Waals surface area contributed by atoms with Crippen LogP contribution in [-0.4, -0.2) is 14.1 Å². The zero-order valence-corrected chi connectivity index (χ0v) is 35.7. The molecular weight excluding hydrogens is 791 g/mol. The molecule has 0 atom stereocenters. The Bertz CT molecular complexity index is 4180. The smallest absolute Gasteiger partial charge is 0.269 e. The van der Waals surface area contributed by atoms with Gasteiger partial charge in [-0.25, -0.2) is 4.98 Å². The Morgan fingerprint density at radius 2 is 1.26 bits per heavy atom. The summed E-state index contributed by atoms with van der Waals surface area (Å²) in [5.74, 6) is 0.337. The van der Waals surface area contributed by atoms with Crippen molar-refractivity contribution in [3.8, 4) is 39.4 Å². The maximum Gasteiger partial charge on any atom is 0.269 e. The molecule has 5 heteroatoms. The number of anilines is 3. The summed E-state index contributed by atoms with van der Waals surface area (Å²) in [4.78, 5) is 6.82. The molecule has 0 N–H and O–H groups in total. The van der Waals surface area contributed by atoms with Gasteiger partial charge in [-0.15, -0.1) is 0 Å². The lowest BCUT2D eigenvalue weighted by Gasteiger charge is -2.26. The molecule has 65 heavy (non-hydrogen) atoms. The zero-order valence-electron chi connectivity index (χ0n) is 50.7. The fourth-order valence-corrected chi connectivity index (χ4v) is 8.59. The monoisotopic (exact) mass is 854 g/mol. The lowest BCUT2D eigenvalue weighted by Crippen LogP contribution is -2.31. The molecule has 0 saturated heterocycles. The Kier molecular flexibility index (Phi) is 6.65. The largest absolute Gasteiger partial charge is 0.311 e. The molecule has 3 heterocycles. The van der Waals surface area contributed by atoms with E-state index in [1.807, 2.05) is 120 Å². The standard InChI is InChI=1S/C60H49N5/c1-42-40-61-58(36-45(42)39-60(2,3)4)65-54-31-15-14-28-52(54)53-35-34-49(38-57(53)65)64(46-24-12-7-13-25-46)48-27-18-26-47(37-48)62-41-63(56-33-17-16-32-55(56)62)59-50(43-20-8-5-9-21-43)29-19-30-51(59)44-22-10-6-11-23-44/h5-38,40H,39H2,1-4H3/i1D3,5D,6D,8D,9D,10D,11D,20D,21D,22D,23D,39D2. The van der Waals surface area contributed by atoms with Gasteiger partial charge in [-0.2, -0.15) is 0 Å². The summed E-state index contributed by atoms with van der Waals surface area (Å²) in [6, 6.07) is 39.4. The van der Waals surface area contributed by atoms with Gasteiger partial charge in [0, 0.05) is 40.9 Å². The van der Waals surface area contributed by atoms with E-state index < -0.39 is 79.1 Å². The molecule has 0 aliphatic carbocycles. The number of para-hydroxylation sites is 5. The van der Waals surface area contributed by atoms with Crippen molar-refractivity contribution >= 4 is 49.9 Å². The van der Waals surface area contributed by atoms with E-state index in [9.17, 15) is 2.74 Å². The Morgan fingerprint density at radius 3 is 1.98 bits per heavy atom. The number of aryl methyl sites for hydroxylation is 1. The van der Waals surface area contributed by atoms with Crippen molar-refractivity contribution in [1.29, 1.82) is 0 Å². The lowest BCUT2D eigenvalue weighted by atomic mass is 9.87. The minimum Gasteiger partial charge on any atom is -0.311 e. The highest BCUT2D eigenvalue weighted by Crippen LogP contribution is 2.41. The average Bonchev–Trinajstić information content (AvgIpc) is 4.13. The van der Waals surface area contributed by atoms with Crippen LogP contribution in [0.15, 0.2) is 212 Å². The first-order chi connectivity index (χ1) is 37.9. The number of hydrogen-bond donors (Lipinski definition) is 0. The second-order valence-corrected chi connectivity index (χ2v) is 16.7. The fraction of sp³-hybridized carbons (Fsp3) is 0.100. The molecule has 314 valence electrons. The van der Waals surface area contributed by atoms with E-state index in [1.54, 1.807) is 60.2 Å². The first-order valence-electron chi connectivity index (χ1n) is 28.6. The van der Waals surface area contributed by atoms with E-state index in [-0.39, 0.29) is 39.1 Å². The normalized spacial score (nSPS) is 15.5. The fourth-order valence-electron chi connectivity index (χ4n) is 8.59. The number of nitrogens with zero attached hydrogens (tertiary/aromatic N) is 5. The first kappa shape index (κ1) is 26.6. The van der Waals surface area contributed by atoms with Gasteiger partial charge in [-0.1, -0.05) is 172 Å². The van der Waals surface area contributed by atoms with Crippen LogP contribution in [0.4, 0.5) is 17.1 Å².